The number of halogens is 1. The Labute approximate surface area is 175 Å². The molecule has 2 aromatic carbocycles. The molecular weight excluding hydrogens is 384 g/mol. The molecule has 0 unspecified atom stereocenters. The van der Waals surface area contributed by atoms with Gasteiger partial charge in [-0.3, -0.25) is 4.79 Å². The van der Waals surface area contributed by atoms with Gasteiger partial charge in [-0.05, 0) is 49.2 Å². The first-order valence-electron chi connectivity index (χ1n) is 9.96. The van der Waals surface area contributed by atoms with Crippen LogP contribution in [0.2, 0.25) is 5.02 Å². The van der Waals surface area contributed by atoms with Crippen LogP contribution in [0.4, 0.5) is 11.5 Å². The summed E-state index contributed by atoms with van der Waals surface area (Å²) in [7, 11) is 0. The summed E-state index contributed by atoms with van der Waals surface area (Å²) in [6, 6.07) is 18.6. The molecule has 6 heteroatoms. The molecular formula is C23H23ClN4O. The lowest BCUT2D eigenvalue weighted by atomic mass is 10.1. The van der Waals surface area contributed by atoms with E-state index in [0.717, 1.165) is 30.2 Å². The molecule has 1 N–H and O–H groups in total. The van der Waals surface area contributed by atoms with E-state index in [1.54, 1.807) is 24.3 Å². The highest BCUT2D eigenvalue weighted by molar-refractivity contribution is 6.34. The van der Waals surface area contributed by atoms with Crippen LogP contribution in [-0.4, -0.2) is 29.2 Å². The van der Waals surface area contributed by atoms with Gasteiger partial charge < -0.3 is 10.2 Å². The van der Waals surface area contributed by atoms with Crippen molar-refractivity contribution in [1.29, 1.82) is 0 Å². The van der Waals surface area contributed by atoms with Gasteiger partial charge in [0.05, 0.1) is 16.3 Å². The maximum Gasteiger partial charge on any atom is 0.257 e. The van der Waals surface area contributed by atoms with Crippen molar-refractivity contribution in [2.75, 3.05) is 23.3 Å². The van der Waals surface area contributed by atoms with Crippen molar-refractivity contribution in [3.05, 3.63) is 71.2 Å². The Bertz CT molecular complexity index is 965. The normalized spacial score (nSPS) is 14.3. The van der Waals surface area contributed by atoms with Crippen LogP contribution in [0.1, 0.15) is 36.0 Å². The fraction of sp³-hybridized carbons (Fsp3) is 0.261. The maximum atomic E-state index is 12.4. The average molecular weight is 407 g/mol. The molecule has 4 rings (SSSR count). The summed E-state index contributed by atoms with van der Waals surface area (Å²) in [5.74, 6) is 0.712. The molecule has 1 fully saturated rings. The van der Waals surface area contributed by atoms with Crippen molar-refractivity contribution >= 4 is 29.0 Å². The number of hydrogen-bond acceptors (Lipinski definition) is 4. The number of rotatable bonds is 4. The smallest absolute Gasteiger partial charge is 0.257 e. The zero-order chi connectivity index (χ0) is 20.1. The fourth-order valence-corrected chi connectivity index (χ4v) is 3.74. The topological polar surface area (TPSA) is 58.1 Å². The fourth-order valence-electron chi connectivity index (χ4n) is 3.52. The van der Waals surface area contributed by atoms with Gasteiger partial charge in [-0.15, -0.1) is 10.2 Å². The summed E-state index contributed by atoms with van der Waals surface area (Å²) in [5.41, 5.74) is 2.92. The molecule has 0 atom stereocenters. The second-order valence-electron chi connectivity index (χ2n) is 7.19. The molecule has 5 nitrogen and oxygen atoms in total. The third kappa shape index (κ3) is 4.74. The molecule has 2 heterocycles. The molecule has 29 heavy (non-hydrogen) atoms. The number of benzene rings is 2. The molecule has 3 aromatic rings. The van der Waals surface area contributed by atoms with E-state index >= 15 is 0 Å². The number of nitrogens with zero attached hydrogens (tertiary/aromatic N) is 3. The van der Waals surface area contributed by atoms with Gasteiger partial charge >= 0.3 is 0 Å². The molecule has 0 saturated carbocycles. The number of amides is 1. The van der Waals surface area contributed by atoms with Gasteiger partial charge in [-0.2, -0.15) is 0 Å². The van der Waals surface area contributed by atoms with E-state index in [0.29, 0.717) is 16.3 Å². The third-order valence-electron chi connectivity index (χ3n) is 5.14. The van der Waals surface area contributed by atoms with Crippen LogP contribution < -0.4 is 10.2 Å². The Kier molecular flexibility index (Phi) is 6.06. The Morgan fingerprint density at radius 1 is 0.862 bits per heavy atom. The van der Waals surface area contributed by atoms with Crippen molar-refractivity contribution in [2.45, 2.75) is 25.7 Å². The molecule has 0 radical (unpaired) electrons. The van der Waals surface area contributed by atoms with E-state index in [1.807, 2.05) is 36.4 Å². The second-order valence-corrected chi connectivity index (χ2v) is 7.60. The largest absolute Gasteiger partial charge is 0.355 e. The Hall–Kier alpha value is -2.92. The molecule has 1 amide bonds. The summed E-state index contributed by atoms with van der Waals surface area (Å²) < 4.78 is 0. The van der Waals surface area contributed by atoms with Gasteiger partial charge in [0.1, 0.15) is 0 Å². The lowest BCUT2D eigenvalue weighted by Crippen LogP contribution is -2.25. The molecule has 0 spiro atoms. The van der Waals surface area contributed by atoms with E-state index < -0.39 is 0 Å². The summed E-state index contributed by atoms with van der Waals surface area (Å²) in [5, 5.41) is 12.1. The average Bonchev–Trinajstić information content (AvgIpc) is 3.04. The lowest BCUT2D eigenvalue weighted by molar-refractivity contribution is 0.102. The first kappa shape index (κ1) is 19.4. The van der Waals surface area contributed by atoms with Gasteiger partial charge in [-0.1, -0.05) is 48.7 Å². The Balaban J connectivity index is 1.43. The standard InChI is InChI=1S/C23H23ClN4O/c24-20-8-4-3-7-19(20)23(29)25-18-11-9-17(10-12-18)21-13-14-22(27-26-21)28-15-5-1-2-6-16-28/h3-4,7-14H,1-2,5-6,15-16H2,(H,25,29). The van der Waals surface area contributed by atoms with Crippen molar-refractivity contribution in [3.63, 3.8) is 0 Å². The highest BCUT2D eigenvalue weighted by atomic mass is 35.5. The SMILES string of the molecule is O=C(Nc1ccc(-c2ccc(N3CCCCCC3)nn2)cc1)c1ccccc1Cl. The van der Waals surface area contributed by atoms with E-state index in [1.165, 1.54) is 25.7 Å². The molecule has 1 saturated heterocycles. The lowest BCUT2D eigenvalue weighted by Gasteiger charge is -2.20. The van der Waals surface area contributed by atoms with E-state index in [4.69, 9.17) is 11.6 Å². The summed E-state index contributed by atoms with van der Waals surface area (Å²) in [6.07, 6.45) is 5.01. The monoisotopic (exact) mass is 406 g/mol. The molecule has 1 aromatic heterocycles. The molecule has 0 aliphatic carbocycles. The number of aromatic nitrogens is 2. The van der Waals surface area contributed by atoms with Crippen LogP contribution in [0.15, 0.2) is 60.7 Å². The minimum absolute atomic E-state index is 0.232. The van der Waals surface area contributed by atoms with Crippen molar-refractivity contribution in [1.82, 2.24) is 10.2 Å². The van der Waals surface area contributed by atoms with Crippen LogP contribution >= 0.6 is 11.6 Å². The summed E-state index contributed by atoms with van der Waals surface area (Å²) in [4.78, 5) is 14.7. The minimum atomic E-state index is -0.232. The minimum Gasteiger partial charge on any atom is -0.355 e. The predicted molar refractivity (Wildman–Crippen MR) is 118 cm³/mol. The van der Waals surface area contributed by atoms with Crippen LogP contribution in [0.25, 0.3) is 11.3 Å². The molecule has 1 aliphatic rings. The zero-order valence-corrected chi connectivity index (χ0v) is 16.9. The van der Waals surface area contributed by atoms with E-state index in [-0.39, 0.29) is 5.91 Å². The maximum absolute atomic E-state index is 12.4. The second kappa shape index (κ2) is 9.05. The third-order valence-corrected chi connectivity index (χ3v) is 5.47. The summed E-state index contributed by atoms with van der Waals surface area (Å²) in [6.45, 7) is 2.10. The zero-order valence-electron chi connectivity index (χ0n) is 16.1. The first-order chi connectivity index (χ1) is 14.2. The Morgan fingerprint density at radius 2 is 1.59 bits per heavy atom. The number of carbonyl (C=O) groups excluding carboxylic acids is 1. The highest BCUT2D eigenvalue weighted by Gasteiger charge is 2.12. The van der Waals surface area contributed by atoms with Crippen LogP contribution in [0.5, 0.6) is 0 Å². The highest BCUT2D eigenvalue weighted by Crippen LogP contribution is 2.23. The quantitative estimate of drug-likeness (QED) is 0.627. The van der Waals surface area contributed by atoms with Crippen LogP contribution in [-0.2, 0) is 0 Å². The van der Waals surface area contributed by atoms with Gasteiger partial charge in [0.25, 0.3) is 5.91 Å². The summed E-state index contributed by atoms with van der Waals surface area (Å²) >= 11 is 6.09. The number of carbonyl (C=O) groups is 1. The Morgan fingerprint density at radius 3 is 2.24 bits per heavy atom. The number of anilines is 2. The van der Waals surface area contributed by atoms with Crippen molar-refractivity contribution < 1.29 is 4.79 Å². The van der Waals surface area contributed by atoms with Gasteiger partial charge in [0.15, 0.2) is 5.82 Å². The molecule has 148 valence electrons. The van der Waals surface area contributed by atoms with Crippen LogP contribution in [0, 0.1) is 0 Å². The van der Waals surface area contributed by atoms with Crippen molar-refractivity contribution in [2.24, 2.45) is 0 Å². The van der Waals surface area contributed by atoms with Gasteiger partial charge in [0.2, 0.25) is 0 Å². The van der Waals surface area contributed by atoms with Gasteiger partial charge in [0, 0.05) is 24.3 Å². The number of nitrogens with one attached hydrogen (secondary N) is 1. The molecule has 0 bridgehead atoms. The van der Waals surface area contributed by atoms with Gasteiger partial charge in [-0.25, -0.2) is 0 Å². The van der Waals surface area contributed by atoms with E-state index in [2.05, 4.69) is 20.4 Å². The predicted octanol–water partition coefficient (Wildman–Crippen LogP) is 5.43. The van der Waals surface area contributed by atoms with E-state index in [9.17, 15) is 4.79 Å². The number of hydrogen-bond donors (Lipinski definition) is 1. The molecule has 1 aliphatic heterocycles. The van der Waals surface area contributed by atoms with Crippen molar-refractivity contribution in [3.8, 4) is 11.3 Å². The first-order valence-corrected chi connectivity index (χ1v) is 10.3. The van der Waals surface area contributed by atoms with Crippen LogP contribution in [0.3, 0.4) is 0 Å².